The summed E-state index contributed by atoms with van der Waals surface area (Å²) in [6.07, 6.45) is 1.60. The van der Waals surface area contributed by atoms with Crippen molar-refractivity contribution >= 4 is 44.6 Å². The quantitative estimate of drug-likeness (QED) is 0.779. The van der Waals surface area contributed by atoms with Crippen LogP contribution in [0.2, 0.25) is 5.02 Å². The first-order valence-electron chi connectivity index (χ1n) is 5.65. The maximum Gasteiger partial charge on any atom is 0.202 e. The zero-order valence-corrected chi connectivity index (χ0v) is 12.2. The third-order valence-corrected chi connectivity index (χ3v) is 3.51. The van der Waals surface area contributed by atoms with Gasteiger partial charge in [-0.2, -0.15) is 0 Å². The molecule has 0 aliphatic rings. The van der Waals surface area contributed by atoms with Gasteiger partial charge >= 0.3 is 0 Å². The van der Waals surface area contributed by atoms with Crippen LogP contribution in [0.15, 0.2) is 41.0 Å². The molecule has 0 unspecified atom stereocenters. The minimum atomic E-state index is 0.435. The fourth-order valence-corrected chi connectivity index (χ4v) is 2.58. The number of anilines is 1. The molecule has 19 heavy (non-hydrogen) atoms. The van der Waals surface area contributed by atoms with Crippen molar-refractivity contribution in [2.45, 2.75) is 6.54 Å². The SMILES string of the molecule is Nc1nc2cc(Cl)cnc2n1Cc1cccc(Br)c1. The van der Waals surface area contributed by atoms with E-state index in [1.807, 2.05) is 28.8 Å². The zero-order valence-electron chi connectivity index (χ0n) is 9.85. The number of fused-ring (bicyclic) bond motifs is 1. The second-order valence-corrected chi connectivity index (χ2v) is 5.53. The van der Waals surface area contributed by atoms with Crippen LogP contribution >= 0.6 is 27.5 Å². The molecule has 0 aliphatic carbocycles. The van der Waals surface area contributed by atoms with Gasteiger partial charge in [-0.05, 0) is 23.8 Å². The number of nitrogens with zero attached hydrogens (tertiary/aromatic N) is 3. The number of aromatic nitrogens is 3. The molecule has 96 valence electrons. The Morgan fingerprint density at radius 2 is 2.16 bits per heavy atom. The largest absolute Gasteiger partial charge is 0.369 e. The van der Waals surface area contributed by atoms with E-state index < -0.39 is 0 Å². The second-order valence-electron chi connectivity index (χ2n) is 4.18. The lowest BCUT2D eigenvalue weighted by atomic mass is 10.2. The van der Waals surface area contributed by atoms with E-state index in [4.69, 9.17) is 17.3 Å². The molecule has 0 amide bonds. The van der Waals surface area contributed by atoms with Crippen LogP contribution < -0.4 is 5.73 Å². The number of rotatable bonds is 2. The number of benzene rings is 1. The number of pyridine rings is 1. The van der Waals surface area contributed by atoms with Crippen LogP contribution in [0, 0.1) is 0 Å². The molecule has 2 heterocycles. The van der Waals surface area contributed by atoms with Crippen molar-refractivity contribution in [1.29, 1.82) is 0 Å². The number of imidazole rings is 1. The van der Waals surface area contributed by atoms with Gasteiger partial charge in [0.05, 0.1) is 11.6 Å². The predicted molar refractivity (Wildman–Crippen MR) is 80.2 cm³/mol. The topological polar surface area (TPSA) is 56.7 Å². The number of nitrogens with two attached hydrogens (primary N) is 1. The van der Waals surface area contributed by atoms with Crippen LogP contribution in [0.4, 0.5) is 5.95 Å². The lowest BCUT2D eigenvalue weighted by Gasteiger charge is -2.06. The molecule has 0 bridgehead atoms. The van der Waals surface area contributed by atoms with Crippen LogP contribution in [0.1, 0.15) is 5.56 Å². The van der Waals surface area contributed by atoms with Gasteiger partial charge in [0.2, 0.25) is 5.95 Å². The number of halogens is 2. The Labute approximate surface area is 123 Å². The molecule has 0 saturated carbocycles. The number of hydrogen-bond donors (Lipinski definition) is 1. The standard InChI is InChI=1S/C13H10BrClN4/c14-9-3-1-2-8(4-9)7-19-12-11(18-13(19)16)5-10(15)6-17-12/h1-6H,7H2,(H2,16,18). The summed E-state index contributed by atoms with van der Waals surface area (Å²) in [4.78, 5) is 8.57. The summed E-state index contributed by atoms with van der Waals surface area (Å²) in [5.41, 5.74) is 8.51. The minimum Gasteiger partial charge on any atom is -0.369 e. The highest BCUT2D eigenvalue weighted by molar-refractivity contribution is 9.10. The van der Waals surface area contributed by atoms with Gasteiger partial charge in [-0.1, -0.05) is 39.7 Å². The van der Waals surface area contributed by atoms with E-state index in [9.17, 15) is 0 Å². The molecule has 4 nitrogen and oxygen atoms in total. The Balaban J connectivity index is 2.07. The average molecular weight is 338 g/mol. The first kappa shape index (κ1) is 12.4. The summed E-state index contributed by atoms with van der Waals surface area (Å²) < 4.78 is 2.90. The summed E-state index contributed by atoms with van der Waals surface area (Å²) in [6.45, 7) is 0.621. The van der Waals surface area contributed by atoms with E-state index in [1.165, 1.54) is 0 Å². The Bertz CT molecular complexity index is 753. The number of nitrogen functional groups attached to an aromatic ring is 1. The Morgan fingerprint density at radius 1 is 1.32 bits per heavy atom. The predicted octanol–water partition coefficient (Wildman–Crippen LogP) is 3.48. The van der Waals surface area contributed by atoms with Crippen molar-refractivity contribution in [3.8, 4) is 0 Å². The van der Waals surface area contributed by atoms with E-state index in [0.717, 1.165) is 15.7 Å². The summed E-state index contributed by atoms with van der Waals surface area (Å²) in [5.74, 6) is 0.435. The summed E-state index contributed by atoms with van der Waals surface area (Å²) in [7, 11) is 0. The molecule has 1 aromatic carbocycles. The molecule has 0 fully saturated rings. The van der Waals surface area contributed by atoms with Gasteiger partial charge < -0.3 is 5.73 Å². The molecular formula is C13H10BrClN4. The Kier molecular flexibility index (Phi) is 3.16. The van der Waals surface area contributed by atoms with Gasteiger partial charge in [-0.25, -0.2) is 9.97 Å². The molecular weight excluding hydrogens is 328 g/mol. The Hall–Kier alpha value is -1.59. The van der Waals surface area contributed by atoms with Gasteiger partial charge in [0.1, 0.15) is 5.52 Å². The first-order valence-corrected chi connectivity index (χ1v) is 6.82. The lowest BCUT2D eigenvalue weighted by molar-refractivity contribution is 0.827. The van der Waals surface area contributed by atoms with Crippen LogP contribution in [-0.4, -0.2) is 14.5 Å². The zero-order chi connectivity index (χ0) is 13.4. The van der Waals surface area contributed by atoms with Gasteiger partial charge in [0.25, 0.3) is 0 Å². The smallest absolute Gasteiger partial charge is 0.202 e. The van der Waals surface area contributed by atoms with E-state index in [-0.39, 0.29) is 0 Å². The van der Waals surface area contributed by atoms with Crippen molar-refractivity contribution in [1.82, 2.24) is 14.5 Å². The second kappa shape index (κ2) is 4.83. The summed E-state index contributed by atoms with van der Waals surface area (Å²) in [5, 5.41) is 0.555. The molecule has 0 saturated heterocycles. The fraction of sp³-hybridized carbons (Fsp3) is 0.0769. The van der Waals surface area contributed by atoms with Crippen molar-refractivity contribution in [2.24, 2.45) is 0 Å². The van der Waals surface area contributed by atoms with E-state index in [2.05, 4.69) is 25.9 Å². The molecule has 6 heteroatoms. The monoisotopic (exact) mass is 336 g/mol. The van der Waals surface area contributed by atoms with Gasteiger partial charge in [-0.3, -0.25) is 4.57 Å². The summed E-state index contributed by atoms with van der Waals surface area (Å²) in [6, 6.07) is 9.81. The minimum absolute atomic E-state index is 0.435. The van der Waals surface area contributed by atoms with Crippen LogP contribution in [0.25, 0.3) is 11.2 Å². The number of hydrogen-bond acceptors (Lipinski definition) is 3. The Morgan fingerprint density at radius 3 is 2.95 bits per heavy atom. The van der Waals surface area contributed by atoms with Crippen LogP contribution in [0.5, 0.6) is 0 Å². The van der Waals surface area contributed by atoms with Crippen molar-refractivity contribution in [3.05, 3.63) is 51.6 Å². The van der Waals surface area contributed by atoms with Crippen molar-refractivity contribution in [2.75, 3.05) is 5.73 Å². The van der Waals surface area contributed by atoms with Gasteiger partial charge in [0.15, 0.2) is 5.65 Å². The average Bonchev–Trinajstić information content (AvgIpc) is 2.65. The molecule has 0 spiro atoms. The molecule has 2 aromatic heterocycles. The maximum atomic E-state index is 5.95. The van der Waals surface area contributed by atoms with Crippen LogP contribution in [-0.2, 0) is 6.54 Å². The summed E-state index contributed by atoms with van der Waals surface area (Å²) >= 11 is 9.36. The highest BCUT2D eigenvalue weighted by atomic mass is 79.9. The van der Waals surface area contributed by atoms with Crippen LogP contribution in [0.3, 0.4) is 0 Å². The maximum absolute atomic E-state index is 5.95. The van der Waals surface area contributed by atoms with Gasteiger partial charge in [-0.15, -0.1) is 0 Å². The fourth-order valence-electron chi connectivity index (χ4n) is 1.98. The third-order valence-electron chi connectivity index (χ3n) is 2.81. The third kappa shape index (κ3) is 2.43. The molecule has 0 atom stereocenters. The lowest BCUT2D eigenvalue weighted by Crippen LogP contribution is -2.05. The molecule has 0 radical (unpaired) electrons. The molecule has 2 N–H and O–H groups in total. The normalized spacial score (nSPS) is 11.1. The first-order chi connectivity index (χ1) is 9.13. The van der Waals surface area contributed by atoms with Crippen molar-refractivity contribution < 1.29 is 0 Å². The molecule has 0 aliphatic heterocycles. The van der Waals surface area contributed by atoms with E-state index in [0.29, 0.717) is 23.0 Å². The van der Waals surface area contributed by atoms with E-state index in [1.54, 1.807) is 12.3 Å². The highest BCUT2D eigenvalue weighted by Gasteiger charge is 2.10. The van der Waals surface area contributed by atoms with E-state index >= 15 is 0 Å². The molecule has 3 aromatic rings. The molecule has 3 rings (SSSR count). The van der Waals surface area contributed by atoms with Crippen molar-refractivity contribution in [3.63, 3.8) is 0 Å². The van der Waals surface area contributed by atoms with Gasteiger partial charge in [0, 0.05) is 10.7 Å². The highest BCUT2D eigenvalue weighted by Crippen LogP contribution is 2.21.